The van der Waals surface area contributed by atoms with Crippen molar-refractivity contribution in [2.75, 3.05) is 11.9 Å². The first-order valence-corrected chi connectivity index (χ1v) is 7.31. The van der Waals surface area contributed by atoms with Crippen LogP contribution in [0, 0.1) is 5.92 Å². The van der Waals surface area contributed by atoms with Crippen molar-refractivity contribution >= 4 is 17.3 Å². The summed E-state index contributed by atoms with van der Waals surface area (Å²) in [6, 6.07) is 0. The van der Waals surface area contributed by atoms with E-state index in [0.29, 0.717) is 18.9 Å². The Bertz CT molecular complexity index is 540. The van der Waals surface area contributed by atoms with Crippen molar-refractivity contribution in [2.24, 2.45) is 5.92 Å². The molecule has 0 aliphatic heterocycles. The van der Waals surface area contributed by atoms with Gasteiger partial charge in [0.15, 0.2) is 0 Å². The predicted octanol–water partition coefficient (Wildman–Crippen LogP) is 3.45. The van der Waals surface area contributed by atoms with Gasteiger partial charge in [-0.05, 0) is 31.6 Å². The van der Waals surface area contributed by atoms with Crippen LogP contribution < -0.4 is 10.9 Å². The highest BCUT2D eigenvalue weighted by Crippen LogP contribution is 2.30. The molecule has 118 valence electrons. The Balaban J connectivity index is 1.88. The second-order valence-corrected chi connectivity index (χ2v) is 5.70. The lowest BCUT2D eigenvalue weighted by molar-refractivity contribution is -0.135. The van der Waals surface area contributed by atoms with Gasteiger partial charge in [0.1, 0.15) is 5.69 Å². The van der Waals surface area contributed by atoms with Gasteiger partial charge in [-0.25, -0.2) is 4.68 Å². The summed E-state index contributed by atoms with van der Waals surface area (Å²) in [5, 5.41) is 7.00. The maximum atomic E-state index is 12.1. The minimum Gasteiger partial charge on any atom is -0.379 e. The molecule has 0 bridgehead atoms. The van der Waals surface area contributed by atoms with Gasteiger partial charge in [0, 0.05) is 19.5 Å². The molecule has 0 saturated heterocycles. The topological polar surface area (TPSA) is 46.9 Å². The molecule has 1 aromatic heterocycles. The highest BCUT2D eigenvalue weighted by Gasteiger charge is 2.26. The predicted molar refractivity (Wildman–Crippen MR) is 74.6 cm³/mol. The van der Waals surface area contributed by atoms with Crippen LogP contribution in [0.15, 0.2) is 11.0 Å². The molecule has 0 atom stereocenters. The Labute approximate surface area is 125 Å². The molecule has 1 heterocycles. The monoisotopic (exact) mass is 323 g/mol. The molecule has 4 nitrogen and oxygen atoms in total. The summed E-state index contributed by atoms with van der Waals surface area (Å²) in [5.74, 6) is 0.496. The summed E-state index contributed by atoms with van der Waals surface area (Å²) < 4.78 is 37.4. The lowest BCUT2D eigenvalue weighted by atomic mass is 10.2. The van der Waals surface area contributed by atoms with E-state index in [4.69, 9.17) is 11.6 Å². The van der Waals surface area contributed by atoms with Gasteiger partial charge in [-0.3, -0.25) is 4.79 Å². The third-order valence-corrected chi connectivity index (χ3v) is 3.60. The zero-order valence-corrected chi connectivity index (χ0v) is 12.2. The number of aromatic nitrogens is 2. The van der Waals surface area contributed by atoms with Gasteiger partial charge in [0.05, 0.1) is 11.2 Å². The highest BCUT2D eigenvalue weighted by molar-refractivity contribution is 6.32. The van der Waals surface area contributed by atoms with E-state index in [1.165, 1.54) is 10.9 Å². The van der Waals surface area contributed by atoms with Crippen molar-refractivity contribution in [3.63, 3.8) is 0 Å². The second-order valence-electron chi connectivity index (χ2n) is 5.30. The van der Waals surface area contributed by atoms with E-state index in [-0.39, 0.29) is 29.2 Å². The Morgan fingerprint density at radius 2 is 2.10 bits per heavy atom. The van der Waals surface area contributed by atoms with E-state index < -0.39 is 12.6 Å². The molecular weight excluding hydrogens is 307 g/mol. The van der Waals surface area contributed by atoms with E-state index in [1.807, 2.05) is 0 Å². The van der Waals surface area contributed by atoms with Crippen molar-refractivity contribution in [1.29, 1.82) is 0 Å². The quantitative estimate of drug-likeness (QED) is 0.782. The summed E-state index contributed by atoms with van der Waals surface area (Å²) in [4.78, 5) is 12.1. The van der Waals surface area contributed by atoms with E-state index in [2.05, 4.69) is 10.4 Å². The maximum absolute atomic E-state index is 12.1. The molecule has 21 heavy (non-hydrogen) atoms. The zero-order valence-electron chi connectivity index (χ0n) is 11.4. The van der Waals surface area contributed by atoms with Crippen LogP contribution in [-0.4, -0.2) is 22.5 Å². The zero-order chi connectivity index (χ0) is 15.5. The minimum atomic E-state index is -4.13. The lowest BCUT2D eigenvalue weighted by Gasteiger charge is -2.11. The molecule has 8 heteroatoms. The molecule has 1 aliphatic carbocycles. The van der Waals surface area contributed by atoms with Gasteiger partial charge >= 0.3 is 6.18 Å². The van der Waals surface area contributed by atoms with Crippen molar-refractivity contribution in [2.45, 2.75) is 44.8 Å². The van der Waals surface area contributed by atoms with Gasteiger partial charge in [-0.2, -0.15) is 18.3 Å². The van der Waals surface area contributed by atoms with Gasteiger partial charge in [0.25, 0.3) is 5.56 Å². The number of alkyl halides is 3. The van der Waals surface area contributed by atoms with Gasteiger partial charge in [-0.15, -0.1) is 0 Å². The third kappa shape index (κ3) is 5.22. The lowest BCUT2D eigenvalue weighted by Crippen LogP contribution is -2.27. The van der Waals surface area contributed by atoms with Crippen LogP contribution in [-0.2, 0) is 6.54 Å². The van der Waals surface area contributed by atoms with Gasteiger partial charge in [0.2, 0.25) is 0 Å². The van der Waals surface area contributed by atoms with Crippen LogP contribution in [0.1, 0.15) is 32.1 Å². The van der Waals surface area contributed by atoms with Crippen molar-refractivity contribution in [3.05, 3.63) is 21.6 Å². The number of hydrogen-bond acceptors (Lipinski definition) is 3. The highest BCUT2D eigenvalue weighted by atomic mass is 35.5. The van der Waals surface area contributed by atoms with Gasteiger partial charge in [-0.1, -0.05) is 11.6 Å². The van der Waals surface area contributed by atoms with E-state index in [0.717, 1.165) is 12.8 Å². The molecule has 2 rings (SSSR count). The molecular formula is C13H17ClF3N3O. The number of hydrogen-bond donors (Lipinski definition) is 1. The fourth-order valence-corrected chi connectivity index (χ4v) is 2.16. The largest absolute Gasteiger partial charge is 0.389 e. The first kappa shape index (κ1) is 16.1. The SMILES string of the molecule is O=c1c(NCCCCC(F)(F)F)c(Cl)cnn1CC1CC1. The maximum Gasteiger partial charge on any atom is 0.389 e. The summed E-state index contributed by atoms with van der Waals surface area (Å²) in [6.07, 6.45) is -1.02. The van der Waals surface area contributed by atoms with Crippen molar-refractivity contribution in [1.82, 2.24) is 9.78 Å². The van der Waals surface area contributed by atoms with Gasteiger partial charge < -0.3 is 5.32 Å². The average Bonchev–Trinajstić information content (AvgIpc) is 3.19. The Hall–Kier alpha value is -1.24. The third-order valence-electron chi connectivity index (χ3n) is 3.31. The van der Waals surface area contributed by atoms with Crippen molar-refractivity contribution in [3.8, 4) is 0 Å². The van der Waals surface area contributed by atoms with Crippen LogP contribution >= 0.6 is 11.6 Å². The summed E-state index contributed by atoms with van der Waals surface area (Å²) in [6.45, 7) is 0.844. The molecule has 1 N–H and O–H groups in total. The smallest absolute Gasteiger partial charge is 0.379 e. The van der Waals surface area contributed by atoms with Crippen LogP contribution in [0.4, 0.5) is 18.9 Å². The van der Waals surface area contributed by atoms with Crippen LogP contribution in [0.25, 0.3) is 0 Å². The summed E-state index contributed by atoms with van der Waals surface area (Å²) >= 11 is 5.92. The standard InChI is InChI=1S/C13H17ClF3N3O/c14-10-7-19-20(8-9-3-4-9)12(21)11(10)18-6-2-1-5-13(15,16)17/h7,9,18H,1-6,8H2. The number of nitrogens with zero attached hydrogens (tertiary/aromatic N) is 2. The molecule has 0 unspecified atom stereocenters. The van der Waals surface area contributed by atoms with Crippen LogP contribution in [0.3, 0.4) is 0 Å². The minimum absolute atomic E-state index is 0.0233. The second kappa shape index (κ2) is 6.68. The number of rotatable bonds is 7. The first-order chi connectivity index (χ1) is 9.87. The molecule has 0 aromatic carbocycles. The molecule has 1 fully saturated rings. The fourth-order valence-electron chi connectivity index (χ4n) is 1.97. The van der Waals surface area contributed by atoms with E-state index >= 15 is 0 Å². The molecule has 0 radical (unpaired) electrons. The normalized spacial score (nSPS) is 15.2. The average molecular weight is 324 g/mol. The summed E-state index contributed by atoms with van der Waals surface area (Å²) in [7, 11) is 0. The molecule has 0 amide bonds. The Kier molecular flexibility index (Phi) is 5.13. The Morgan fingerprint density at radius 1 is 1.38 bits per heavy atom. The number of unbranched alkanes of at least 4 members (excludes halogenated alkanes) is 1. The fraction of sp³-hybridized carbons (Fsp3) is 0.692. The number of anilines is 1. The van der Waals surface area contributed by atoms with E-state index in [1.54, 1.807) is 0 Å². The molecule has 1 aromatic rings. The Morgan fingerprint density at radius 3 is 2.71 bits per heavy atom. The van der Waals surface area contributed by atoms with Crippen molar-refractivity contribution < 1.29 is 13.2 Å². The number of nitrogens with one attached hydrogen (secondary N) is 1. The first-order valence-electron chi connectivity index (χ1n) is 6.93. The summed E-state index contributed by atoms with van der Waals surface area (Å²) in [5.41, 5.74) is -0.0930. The number of halogens is 4. The van der Waals surface area contributed by atoms with E-state index in [9.17, 15) is 18.0 Å². The van der Waals surface area contributed by atoms with Crippen LogP contribution in [0.2, 0.25) is 5.02 Å². The van der Waals surface area contributed by atoms with Crippen LogP contribution in [0.5, 0.6) is 0 Å². The molecule has 1 aliphatic rings. The molecule has 1 saturated carbocycles. The molecule has 0 spiro atoms.